The SMILES string of the molecule is COC(=O)C1CCCC1S(=O)(=O)Nc1ccc(Br)c(F)c1. The minimum atomic E-state index is -3.78. The molecule has 0 radical (unpaired) electrons. The molecule has 2 atom stereocenters. The van der Waals surface area contributed by atoms with Gasteiger partial charge in [-0.25, -0.2) is 12.8 Å². The lowest BCUT2D eigenvalue weighted by Crippen LogP contribution is -2.35. The Labute approximate surface area is 131 Å². The number of carbonyl (C=O) groups is 1. The lowest BCUT2D eigenvalue weighted by molar-refractivity contribution is -0.145. The number of anilines is 1. The number of hydrogen-bond donors (Lipinski definition) is 1. The monoisotopic (exact) mass is 379 g/mol. The molecule has 0 aliphatic heterocycles. The van der Waals surface area contributed by atoms with Crippen LogP contribution in [-0.4, -0.2) is 26.7 Å². The molecule has 1 aromatic rings. The second-order valence-electron chi connectivity index (χ2n) is 4.87. The van der Waals surface area contributed by atoms with Gasteiger partial charge in [-0.2, -0.15) is 0 Å². The Morgan fingerprint density at radius 2 is 2.14 bits per heavy atom. The van der Waals surface area contributed by atoms with E-state index in [0.717, 1.165) is 6.07 Å². The Hall–Kier alpha value is -1.15. The summed E-state index contributed by atoms with van der Waals surface area (Å²) in [7, 11) is -2.54. The van der Waals surface area contributed by atoms with E-state index in [-0.39, 0.29) is 10.2 Å². The molecule has 2 unspecified atom stereocenters. The van der Waals surface area contributed by atoms with Gasteiger partial charge in [0, 0.05) is 0 Å². The number of methoxy groups -OCH3 is 1. The molecule has 0 saturated heterocycles. The lowest BCUT2D eigenvalue weighted by Gasteiger charge is -2.19. The normalized spacial score (nSPS) is 22.0. The highest BCUT2D eigenvalue weighted by Crippen LogP contribution is 2.33. The molecule has 1 aliphatic carbocycles. The third-order valence-electron chi connectivity index (χ3n) is 3.53. The molecule has 5 nitrogen and oxygen atoms in total. The van der Waals surface area contributed by atoms with Crippen molar-refractivity contribution >= 4 is 37.6 Å². The summed E-state index contributed by atoms with van der Waals surface area (Å²) in [4.78, 5) is 11.6. The maximum Gasteiger partial charge on any atom is 0.310 e. The first-order valence-electron chi connectivity index (χ1n) is 6.39. The van der Waals surface area contributed by atoms with Gasteiger partial charge < -0.3 is 4.74 Å². The number of benzene rings is 1. The van der Waals surface area contributed by atoms with E-state index >= 15 is 0 Å². The molecule has 116 valence electrons. The fourth-order valence-electron chi connectivity index (χ4n) is 2.52. The average Bonchev–Trinajstić information content (AvgIpc) is 2.92. The Balaban J connectivity index is 2.21. The Kier molecular flexibility index (Phi) is 4.88. The third-order valence-corrected chi connectivity index (χ3v) is 6.06. The van der Waals surface area contributed by atoms with Gasteiger partial charge in [0.25, 0.3) is 0 Å². The first-order valence-corrected chi connectivity index (χ1v) is 8.73. The van der Waals surface area contributed by atoms with Gasteiger partial charge >= 0.3 is 5.97 Å². The summed E-state index contributed by atoms with van der Waals surface area (Å²) in [5, 5.41) is -0.850. The van der Waals surface area contributed by atoms with Crippen LogP contribution in [-0.2, 0) is 19.6 Å². The highest BCUT2D eigenvalue weighted by molar-refractivity contribution is 9.10. The largest absolute Gasteiger partial charge is 0.469 e. The highest BCUT2D eigenvalue weighted by Gasteiger charge is 2.42. The van der Waals surface area contributed by atoms with Gasteiger partial charge in [0.05, 0.1) is 28.4 Å². The lowest BCUT2D eigenvalue weighted by atomic mass is 10.1. The molecule has 1 N–H and O–H groups in total. The Bertz CT molecular complexity index is 650. The summed E-state index contributed by atoms with van der Waals surface area (Å²) in [6.45, 7) is 0. The van der Waals surface area contributed by atoms with Crippen LogP contribution in [0.3, 0.4) is 0 Å². The maximum absolute atomic E-state index is 13.4. The van der Waals surface area contributed by atoms with Crippen LogP contribution in [0.2, 0.25) is 0 Å². The van der Waals surface area contributed by atoms with Crippen LogP contribution >= 0.6 is 15.9 Å². The highest BCUT2D eigenvalue weighted by atomic mass is 79.9. The molecule has 2 rings (SSSR count). The van der Waals surface area contributed by atoms with Crippen molar-refractivity contribution < 1.29 is 22.3 Å². The molecule has 8 heteroatoms. The van der Waals surface area contributed by atoms with E-state index in [1.165, 1.54) is 19.2 Å². The van der Waals surface area contributed by atoms with Crippen LogP contribution in [0.5, 0.6) is 0 Å². The first-order chi connectivity index (χ1) is 9.85. The quantitative estimate of drug-likeness (QED) is 0.816. The van der Waals surface area contributed by atoms with Gasteiger partial charge in [0.15, 0.2) is 0 Å². The minimum absolute atomic E-state index is 0.131. The van der Waals surface area contributed by atoms with Crippen molar-refractivity contribution in [1.29, 1.82) is 0 Å². The Morgan fingerprint density at radius 1 is 1.43 bits per heavy atom. The van der Waals surface area contributed by atoms with Gasteiger partial charge in [-0.05, 0) is 47.0 Å². The molecule has 1 fully saturated rings. The van der Waals surface area contributed by atoms with Gasteiger partial charge in [-0.3, -0.25) is 9.52 Å². The third kappa shape index (κ3) is 3.55. The van der Waals surface area contributed by atoms with Crippen molar-refractivity contribution in [1.82, 2.24) is 0 Å². The number of nitrogens with one attached hydrogen (secondary N) is 1. The molecule has 1 saturated carbocycles. The summed E-state index contributed by atoms with van der Waals surface area (Å²) in [6.07, 6.45) is 1.50. The molecule has 21 heavy (non-hydrogen) atoms. The fourth-order valence-corrected chi connectivity index (χ4v) is 4.53. The second kappa shape index (κ2) is 6.31. The number of hydrogen-bond acceptors (Lipinski definition) is 4. The minimum Gasteiger partial charge on any atom is -0.469 e. The molecule has 0 aromatic heterocycles. The molecule has 0 bridgehead atoms. The predicted octanol–water partition coefficient (Wildman–Crippen LogP) is 2.67. The van der Waals surface area contributed by atoms with Crippen LogP contribution in [0.4, 0.5) is 10.1 Å². The standard InChI is InChI=1S/C13H15BrFNO4S/c1-20-13(17)9-3-2-4-12(9)21(18,19)16-8-5-6-10(14)11(15)7-8/h5-7,9,12,16H,2-4H2,1H3. The van der Waals surface area contributed by atoms with E-state index in [2.05, 4.69) is 25.4 Å². The summed E-state index contributed by atoms with van der Waals surface area (Å²) >= 11 is 3.00. The number of carbonyl (C=O) groups excluding carboxylic acids is 1. The number of esters is 1. The molecule has 1 aromatic carbocycles. The van der Waals surface area contributed by atoms with Crippen LogP contribution in [0.25, 0.3) is 0 Å². The van der Waals surface area contributed by atoms with E-state index in [0.29, 0.717) is 19.3 Å². The van der Waals surface area contributed by atoms with Crippen LogP contribution in [0, 0.1) is 11.7 Å². The molecular formula is C13H15BrFNO4S. The molecule has 1 aliphatic rings. The van der Waals surface area contributed by atoms with E-state index in [1.807, 2.05) is 0 Å². The van der Waals surface area contributed by atoms with Gasteiger partial charge in [0.2, 0.25) is 10.0 Å². The summed E-state index contributed by atoms with van der Waals surface area (Å²) in [5.41, 5.74) is 0.131. The smallest absolute Gasteiger partial charge is 0.310 e. The van der Waals surface area contributed by atoms with Crippen molar-refractivity contribution in [3.8, 4) is 0 Å². The van der Waals surface area contributed by atoms with Gasteiger partial charge in [0.1, 0.15) is 5.82 Å². The van der Waals surface area contributed by atoms with E-state index in [1.54, 1.807) is 0 Å². The molecule has 0 amide bonds. The van der Waals surface area contributed by atoms with Crippen molar-refractivity contribution in [2.75, 3.05) is 11.8 Å². The fraction of sp³-hybridized carbons (Fsp3) is 0.462. The zero-order valence-corrected chi connectivity index (χ0v) is 13.7. The number of rotatable bonds is 4. The van der Waals surface area contributed by atoms with E-state index in [4.69, 9.17) is 0 Å². The average molecular weight is 380 g/mol. The molecule has 0 spiro atoms. The summed E-state index contributed by atoms with van der Waals surface area (Å²) < 4.78 is 45.4. The molecular weight excluding hydrogens is 365 g/mol. The van der Waals surface area contributed by atoms with Crippen molar-refractivity contribution in [2.24, 2.45) is 5.92 Å². The number of sulfonamides is 1. The van der Waals surface area contributed by atoms with Crippen LogP contribution in [0.15, 0.2) is 22.7 Å². The summed E-state index contributed by atoms with van der Waals surface area (Å²) in [6, 6.07) is 3.95. The zero-order valence-electron chi connectivity index (χ0n) is 11.3. The molecule has 0 heterocycles. The zero-order chi connectivity index (χ0) is 15.6. The van der Waals surface area contributed by atoms with Crippen molar-refractivity contribution in [3.63, 3.8) is 0 Å². The van der Waals surface area contributed by atoms with E-state index in [9.17, 15) is 17.6 Å². The first kappa shape index (κ1) is 16.2. The maximum atomic E-state index is 13.4. The van der Waals surface area contributed by atoms with Crippen LogP contribution in [0.1, 0.15) is 19.3 Å². The van der Waals surface area contributed by atoms with Gasteiger partial charge in [-0.15, -0.1) is 0 Å². The van der Waals surface area contributed by atoms with Crippen LogP contribution < -0.4 is 4.72 Å². The topological polar surface area (TPSA) is 72.5 Å². The van der Waals surface area contributed by atoms with E-state index < -0.39 is 33.0 Å². The number of ether oxygens (including phenoxy) is 1. The summed E-state index contributed by atoms with van der Waals surface area (Å²) in [5.74, 6) is -1.76. The predicted molar refractivity (Wildman–Crippen MR) is 79.8 cm³/mol. The second-order valence-corrected chi connectivity index (χ2v) is 7.63. The number of halogens is 2. The van der Waals surface area contributed by atoms with Gasteiger partial charge in [-0.1, -0.05) is 6.42 Å². The van der Waals surface area contributed by atoms with Crippen molar-refractivity contribution in [2.45, 2.75) is 24.5 Å². The Morgan fingerprint density at radius 3 is 2.76 bits per heavy atom. The van der Waals surface area contributed by atoms with Crippen molar-refractivity contribution in [3.05, 3.63) is 28.5 Å².